The molecule has 4 heteroatoms. The number of hydrogen-bond donors (Lipinski definition) is 1. The zero-order valence-corrected chi connectivity index (χ0v) is 11.5. The second-order valence-electron chi connectivity index (χ2n) is 4.96. The van der Waals surface area contributed by atoms with Crippen LogP contribution in [-0.4, -0.2) is 24.9 Å². The van der Waals surface area contributed by atoms with Crippen molar-refractivity contribution in [2.75, 3.05) is 18.0 Å². The van der Waals surface area contributed by atoms with Crippen molar-refractivity contribution in [1.29, 1.82) is 0 Å². The molecule has 0 aromatic heterocycles. The van der Waals surface area contributed by atoms with Crippen LogP contribution < -0.4 is 10.2 Å². The van der Waals surface area contributed by atoms with Crippen LogP contribution in [0, 0.1) is 12.8 Å². The second kappa shape index (κ2) is 5.87. The molecule has 4 nitrogen and oxygen atoms in total. The van der Waals surface area contributed by atoms with Gasteiger partial charge in [0.2, 0.25) is 11.8 Å². The van der Waals surface area contributed by atoms with Crippen LogP contribution in [0.5, 0.6) is 0 Å². The van der Waals surface area contributed by atoms with Crippen LogP contribution in [0.3, 0.4) is 0 Å². The summed E-state index contributed by atoms with van der Waals surface area (Å²) in [7, 11) is 0. The van der Waals surface area contributed by atoms with Gasteiger partial charge in [-0.3, -0.25) is 9.59 Å². The van der Waals surface area contributed by atoms with E-state index in [-0.39, 0.29) is 17.7 Å². The molecular formula is C15H20N2O2. The van der Waals surface area contributed by atoms with Crippen LogP contribution in [-0.2, 0) is 9.59 Å². The van der Waals surface area contributed by atoms with Gasteiger partial charge in [0, 0.05) is 25.2 Å². The van der Waals surface area contributed by atoms with E-state index in [1.165, 1.54) is 5.56 Å². The molecule has 1 aromatic rings. The summed E-state index contributed by atoms with van der Waals surface area (Å²) in [6.07, 6.45) is 1.09. The molecule has 1 aliphatic heterocycles. The van der Waals surface area contributed by atoms with E-state index in [2.05, 4.69) is 5.32 Å². The van der Waals surface area contributed by atoms with Gasteiger partial charge in [0.15, 0.2) is 0 Å². The number of aryl methyl sites for hydroxylation is 1. The quantitative estimate of drug-likeness (QED) is 0.902. The van der Waals surface area contributed by atoms with Crippen LogP contribution >= 0.6 is 0 Å². The Hall–Kier alpha value is -1.84. The van der Waals surface area contributed by atoms with Crippen molar-refractivity contribution < 1.29 is 9.59 Å². The first-order valence-electron chi connectivity index (χ1n) is 6.76. The Balaban J connectivity index is 2.10. The average molecular weight is 260 g/mol. The fourth-order valence-electron chi connectivity index (χ4n) is 2.35. The van der Waals surface area contributed by atoms with Crippen molar-refractivity contribution in [3.05, 3.63) is 29.8 Å². The molecule has 19 heavy (non-hydrogen) atoms. The van der Waals surface area contributed by atoms with Gasteiger partial charge < -0.3 is 10.2 Å². The zero-order chi connectivity index (χ0) is 13.8. The monoisotopic (exact) mass is 260 g/mol. The Morgan fingerprint density at radius 2 is 2.05 bits per heavy atom. The highest BCUT2D eigenvalue weighted by atomic mass is 16.2. The van der Waals surface area contributed by atoms with Crippen LogP contribution in [0.1, 0.15) is 25.3 Å². The number of rotatable bonds is 3. The van der Waals surface area contributed by atoms with E-state index in [1.807, 2.05) is 38.1 Å². The molecule has 0 saturated carbocycles. The first-order valence-corrected chi connectivity index (χ1v) is 6.76. The summed E-state index contributed by atoms with van der Waals surface area (Å²) in [6.45, 7) is 5.10. The van der Waals surface area contributed by atoms with Crippen LogP contribution in [0.25, 0.3) is 0 Å². The number of piperidine rings is 1. The van der Waals surface area contributed by atoms with Gasteiger partial charge in [-0.1, -0.05) is 17.7 Å². The minimum atomic E-state index is -0.0982. The first kappa shape index (κ1) is 13.6. The molecule has 1 saturated heterocycles. The standard InChI is InChI=1S/C15H20N2O2/c1-3-17(13-7-4-11(2)5-8-13)15(19)12-6-9-14(18)16-10-12/h4-5,7-8,12H,3,6,9-10H2,1-2H3,(H,16,18). The van der Waals surface area contributed by atoms with Crippen molar-refractivity contribution in [3.8, 4) is 0 Å². The van der Waals surface area contributed by atoms with Crippen molar-refractivity contribution >= 4 is 17.5 Å². The normalized spacial score (nSPS) is 18.8. The second-order valence-corrected chi connectivity index (χ2v) is 4.96. The van der Waals surface area contributed by atoms with Crippen molar-refractivity contribution in [2.24, 2.45) is 5.92 Å². The minimum absolute atomic E-state index is 0.0439. The van der Waals surface area contributed by atoms with Gasteiger partial charge in [-0.25, -0.2) is 0 Å². The number of carbonyl (C=O) groups excluding carboxylic acids is 2. The molecule has 0 aliphatic carbocycles. The minimum Gasteiger partial charge on any atom is -0.355 e. The highest BCUT2D eigenvalue weighted by Crippen LogP contribution is 2.20. The molecule has 0 spiro atoms. The smallest absolute Gasteiger partial charge is 0.231 e. The molecule has 0 radical (unpaired) electrons. The summed E-state index contributed by atoms with van der Waals surface area (Å²) >= 11 is 0. The molecule has 1 heterocycles. The lowest BCUT2D eigenvalue weighted by atomic mass is 9.97. The molecule has 1 N–H and O–H groups in total. The number of hydrogen-bond acceptors (Lipinski definition) is 2. The predicted molar refractivity (Wildman–Crippen MR) is 74.9 cm³/mol. The molecule has 0 bridgehead atoms. The average Bonchev–Trinajstić information content (AvgIpc) is 2.42. The molecule has 2 amide bonds. The molecule has 1 aliphatic rings. The third-order valence-corrected chi connectivity index (χ3v) is 3.54. The third-order valence-electron chi connectivity index (χ3n) is 3.54. The van der Waals surface area contributed by atoms with Gasteiger partial charge in [-0.15, -0.1) is 0 Å². The number of carbonyl (C=O) groups is 2. The van der Waals surface area contributed by atoms with Crippen molar-refractivity contribution in [2.45, 2.75) is 26.7 Å². The molecule has 1 atom stereocenters. The van der Waals surface area contributed by atoms with Crippen LogP contribution in [0.2, 0.25) is 0 Å². The van der Waals surface area contributed by atoms with E-state index in [4.69, 9.17) is 0 Å². The lowest BCUT2D eigenvalue weighted by molar-refractivity contribution is -0.127. The maximum Gasteiger partial charge on any atom is 0.231 e. The van der Waals surface area contributed by atoms with Gasteiger partial charge in [0.05, 0.1) is 5.92 Å². The molecular weight excluding hydrogens is 240 g/mol. The van der Waals surface area contributed by atoms with Gasteiger partial charge in [-0.2, -0.15) is 0 Å². The summed E-state index contributed by atoms with van der Waals surface area (Å²) in [5.41, 5.74) is 2.10. The van der Waals surface area contributed by atoms with E-state index < -0.39 is 0 Å². The summed E-state index contributed by atoms with van der Waals surface area (Å²) < 4.78 is 0. The number of amides is 2. The SMILES string of the molecule is CCN(C(=O)C1CCC(=O)NC1)c1ccc(C)cc1. The van der Waals surface area contributed by atoms with Gasteiger partial charge in [0.1, 0.15) is 0 Å². The van der Waals surface area contributed by atoms with Crippen molar-refractivity contribution in [1.82, 2.24) is 5.32 Å². The molecule has 1 fully saturated rings. The van der Waals surface area contributed by atoms with E-state index in [0.29, 0.717) is 25.9 Å². The number of anilines is 1. The summed E-state index contributed by atoms with van der Waals surface area (Å²) in [6, 6.07) is 7.96. The summed E-state index contributed by atoms with van der Waals surface area (Å²) in [5.74, 6) is 0.0488. The van der Waals surface area contributed by atoms with E-state index in [1.54, 1.807) is 4.90 Å². The van der Waals surface area contributed by atoms with Gasteiger partial charge >= 0.3 is 0 Å². The van der Waals surface area contributed by atoms with Crippen LogP contribution in [0.15, 0.2) is 24.3 Å². The van der Waals surface area contributed by atoms with Crippen LogP contribution in [0.4, 0.5) is 5.69 Å². The summed E-state index contributed by atoms with van der Waals surface area (Å²) in [4.78, 5) is 25.4. The highest BCUT2D eigenvalue weighted by molar-refractivity contribution is 5.96. The Morgan fingerprint density at radius 3 is 2.58 bits per heavy atom. The lowest BCUT2D eigenvalue weighted by Gasteiger charge is -2.28. The predicted octanol–water partition coefficient (Wildman–Crippen LogP) is 1.87. The van der Waals surface area contributed by atoms with E-state index in [0.717, 1.165) is 5.69 Å². The lowest BCUT2D eigenvalue weighted by Crippen LogP contribution is -2.45. The maximum atomic E-state index is 12.5. The first-order chi connectivity index (χ1) is 9.11. The Labute approximate surface area is 113 Å². The fourth-order valence-corrected chi connectivity index (χ4v) is 2.35. The number of benzene rings is 1. The largest absolute Gasteiger partial charge is 0.355 e. The van der Waals surface area contributed by atoms with E-state index in [9.17, 15) is 9.59 Å². The molecule has 1 unspecified atom stereocenters. The Kier molecular flexibility index (Phi) is 4.20. The fraction of sp³-hybridized carbons (Fsp3) is 0.467. The molecule has 1 aromatic carbocycles. The third kappa shape index (κ3) is 3.13. The highest BCUT2D eigenvalue weighted by Gasteiger charge is 2.28. The van der Waals surface area contributed by atoms with Gasteiger partial charge in [-0.05, 0) is 32.4 Å². The number of nitrogens with one attached hydrogen (secondary N) is 1. The summed E-state index contributed by atoms with van der Waals surface area (Å²) in [5, 5.41) is 2.77. The Bertz CT molecular complexity index is 458. The van der Waals surface area contributed by atoms with Gasteiger partial charge in [0.25, 0.3) is 0 Å². The maximum absolute atomic E-state index is 12.5. The topological polar surface area (TPSA) is 49.4 Å². The Morgan fingerprint density at radius 1 is 1.37 bits per heavy atom. The number of nitrogens with zero attached hydrogens (tertiary/aromatic N) is 1. The zero-order valence-electron chi connectivity index (χ0n) is 11.5. The van der Waals surface area contributed by atoms with E-state index >= 15 is 0 Å². The molecule has 102 valence electrons. The molecule has 2 rings (SSSR count). The van der Waals surface area contributed by atoms with Crippen molar-refractivity contribution in [3.63, 3.8) is 0 Å².